The molecule has 1 aromatic carbocycles. The third kappa shape index (κ3) is 2.15. The molecule has 6 heteroatoms. The summed E-state index contributed by atoms with van der Waals surface area (Å²) in [5, 5.41) is 0. The molecular weight excluding hydrogens is 233 g/mol. The normalized spacial score (nSPS) is 12.0. The Bertz CT molecular complexity index is 616. The Morgan fingerprint density at radius 1 is 1.35 bits per heavy atom. The molecule has 0 amide bonds. The van der Waals surface area contributed by atoms with Crippen molar-refractivity contribution in [3.63, 3.8) is 0 Å². The van der Waals surface area contributed by atoms with Crippen molar-refractivity contribution in [3.8, 4) is 0 Å². The molecule has 0 aliphatic rings. The number of hydrogen-bond acceptors (Lipinski definition) is 2. The summed E-state index contributed by atoms with van der Waals surface area (Å²) < 4.78 is 37.4. The molecule has 3 nitrogen and oxygen atoms in total. The Kier molecular flexibility index (Phi) is 2.65. The highest BCUT2D eigenvalue weighted by atomic mass is 19.4. The van der Waals surface area contributed by atoms with E-state index in [1.54, 1.807) is 6.92 Å². The standard InChI is InChI=1S/C11H9F3N2O/c1-2-7-10(17)16-8-4-3-6(11(12,13)14)5-9(8)15-7/h3-5H,2H2,1H3,(H,16,17). The molecule has 0 bridgehead atoms. The van der Waals surface area contributed by atoms with Gasteiger partial charge in [0.15, 0.2) is 0 Å². The third-order valence-corrected chi connectivity index (χ3v) is 2.43. The lowest BCUT2D eigenvalue weighted by molar-refractivity contribution is -0.137. The predicted molar refractivity (Wildman–Crippen MR) is 56.7 cm³/mol. The fraction of sp³-hybridized carbons (Fsp3) is 0.273. The van der Waals surface area contributed by atoms with Crippen molar-refractivity contribution in [3.05, 3.63) is 39.8 Å². The first kappa shape index (κ1) is 11.6. The van der Waals surface area contributed by atoms with Crippen molar-refractivity contribution in [2.75, 3.05) is 0 Å². The van der Waals surface area contributed by atoms with Gasteiger partial charge >= 0.3 is 6.18 Å². The van der Waals surface area contributed by atoms with Gasteiger partial charge in [-0.25, -0.2) is 4.98 Å². The molecule has 0 atom stereocenters. The van der Waals surface area contributed by atoms with E-state index in [1.807, 2.05) is 0 Å². The van der Waals surface area contributed by atoms with Crippen molar-refractivity contribution < 1.29 is 13.2 Å². The summed E-state index contributed by atoms with van der Waals surface area (Å²) in [6.07, 6.45) is -4.03. The number of aromatic amines is 1. The van der Waals surface area contributed by atoms with Gasteiger partial charge in [-0.3, -0.25) is 4.79 Å². The molecule has 0 fully saturated rings. The Hall–Kier alpha value is -1.85. The molecule has 0 spiro atoms. The third-order valence-electron chi connectivity index (χ3n) is 2.43. The zero-order valence-corrected chi connectivity index (χ0v) is 8.93. The maximum atomic E-state index is 12.5. The minimum atomic E-state index is -4.40. The highest BCUT2D eigenvalue weighted by Gasteiger charge is 2.30. The topological polar surface area (TPSA) is 45.8 Å². The number of hydrogen-bond donors (Lipinski definition) is 1. The second kappa shape index (κ2) is 3.87. The van der Waals surface area contributed by atoms with Crippen molar-refractivity contribution in [2.24, 2.45) is 0 Å². The van der Waals surface area contributed by atoms with Crippen LogP contribution >= 0.6 is 0 Å². The van der Waals surface area contributed by atoms with Gasteiger partial charge in [0.1, 0.15) is 5.69 Å². The van der Waals surface area contributed by atoms with Gasteiger partial charge in [0.05, 0.1) is 16.6 Å². The summed E-state index contributed by atoms with van der Waals surface area (Å²) in [5.41, 5.74) is -0.445. The highest BCUT2D eigenvalue weighted by Crippen LogP contribution is 2.30. The average molecular weight is 242 g/mol. The zero-order chi connectivity index (χ0) is 12.6. The van der Waals surface area contributed by atoms with Crippen molar-refractivity contribution in [2.45, 2.75) is 19.5 Å². The van der Waals surface area contributed by atoms with Crippen molar-refractivity contribution in [1.29, 1.82) is 0 Å². The number of H-pyrrole nitrogens is 1. The van der Waals surface area contributed by atoms with Gasteiger partial charge in [-0.1, -0.05) is 6.92 Å². The number of aryl methyl sites for hydroxylation is 1. The molecule has 2 aromatic rings. The van der Waals surface area contributed by atoms with Gasteiger partial charge in [-0.2, -0.15) is 13.2 Å². The van der Waals surface area contributed by atoms with Gasteiger partial charge in [-0.15, -0.1) is 0 Å². The SMILES string of the molecule is CCc1nc2cc(C(F)(F)F)ccc2[nH]c1=O. The molecule has 0 unspecified atom stereocenters. The molecular formula is C11H9F3N2O. The van der Waals surface area contributed by atoms with Crippen LogP contribution in [0, 0.1) is 0 Å². The number of nitrogens with one attached hydrogen (secondary N) is 1. The highest BCUT2D eigenvalue weighted by molar-refractivity contribution is 5.74. The van der Waals surface area contributed by atoms with E-state index >= 15 is 0 Å². The van der Waals surface area contributed by atoms with Crippen LogP contribution in [0.4, 0.5) is 13.2 Å². The summed E-state index contributed by atoms with van der Waals surface area (Å²) in [6, 6.07) is 3.07. The van der Waals surface area contributed by atoms with E-state index in [9.17, 15) is 18.0 Å². The van der Waals surface area contributed by atoms with Gasteiger partial charge in [0.25, 0.3) is 5.56 Å². The van der Waals surface area contributed by atoms with Crippen LogP contribution in [0.5, 0.6) is 0 Å². The number of aromatic nitrogens is 2. The van der Waals surface area contributed by atoms with E-state index in [0.29, 0.717) is 11.9 Å². The zero-order valence-electron chi connectivity index (χ0n) is 8.93. The van der Waals surface area contributed by atoms with E-state index < -0.39 is 11.7 Å². The van der Waals surface area contributed by atoms with Crippen molar-refractivity contribution in [1.82, 2.24) is 9.97 Å². The van der Waals surface area contributed by atoms with Crippen molar-refractivity contribution >= 4 is 11.0 Å². The molecule has 17 heavy (non-hydrogen) atoms. The van der Waals surface area contributed by atoms with E-state index in [1.165, 1.54) is 6.07 Å². The fourth-order valence-electron chi connectivity index (χ4n) is 1.54. The Morgan fingerprint density at radius 2 is 2.06 bits per heavy atom. The molecule has 0 saturated heterocycles. The van der Waals surface area contributed by atoms with Crippen LogP contribution in [-0.4, -0.2) is 9.97 Å². The smallest absolute Gasteiger partial charge is 0.319 e. The largest absolute Gasteiger partial charge is 0.416 e. The van der Waals surface area contributed by atoms with E-state index in [0.717, 1.165) is 12.1 Å². The summed E-state index contributed by atoms with van der Waals surface area (Å²) in [6.45, 7) is 1.72. The molecule has 1 N–H and O–H groups in total. The molecule has 1 heterocycles. The van der Waals surface area contributed by atoms with E-state index in [2.05, 4.69) is 9.97 Å². The molecule has 90 valence electrons. The van der Waals surface area contributed by atoms with Crippen LogP contribution < -0.4 is 5.56 Å². The minimum absolute atomic E-state index is 0.149. The average Bonchev–Trinajstić information content (AvgIpc) is 2.26. The molecule has 1 aromatic heterocycles. The van der Waals surface area contributed by atoms with Crippen LogP contribution in [0.15, 0.2) is 23.0 Å². The minimum Gasteiger partial charge on any atom is -0.319 e. The van der Waals surface area contributed by atoms with Crippen LogP contribution in [0.2, 0.25) is 0 Å². The molecule has 0 aliphatic carbocycles. The number of benzene rings is 1. The summed E-state index contributed by atoms with van der Waals surface area (Å²) in [7, 11) is 0. The first-order valence-corrected chi connectivity index (χ1v) is 5.02. The summed E-state index contributed by atoms with van der Waals surface area (Å²) in [5.74, 6) is 0. The van der Waals surface area contributed by atoms with Crippen LogP contribution in [0.3, 0.4) is 0 Å². The maximum absolute atomic E-state index is 12.5. The number of rotatable bonds is 1. The molecule has 0 saturated carbocycles. The fourth-order valence-corrected chi connectivity index (χ4v) is 1.54. The summed E-state index contributed by atoms with van der Waals surface area (Å²) in [4.78, 5) is 17.8. The first-order valence-electron chi connectivity index (χ1n) is 5.02. The lowest BCUT2D eigenvalue weighted by atomic mass is 10.2. The lowest BCUT2D eigenvalue weighted by Crippen LogP contribution is -2.14. The second-order valence-electron chi connectivity index (χ2n) is 3.60. The predicted octanol–water partition coefficient (Wildman–Crippen LogP) is 2.50. The number of nitrogens with zero attached hydrogens (tertiary/aromatic N) is 1. The van der Waals surface area contributed by atoms with Crippen LogP contribution in [-0.2, 0) is 12.6 Å². The Morgan fingerprint density at radius 3 is 2.65 bits per heavy atom. The number of alkyl halides is 3. The van der Waals surface area contributed by atoms with Gasteiger partial charge < -0.3 is 4.98 Å². The Balaban J connectivity index is 2.69. The van der Waals surface area contributed by atoms with E-state index in [-0.39, 0.29) is 16.8 Å². The molecule has 0 radical (unpaired) electrons. The lowest BCUT2D eigenvalue weighted by Gasteiger charge is -2.07. The molecule has 0 aliphatic heterocycles. The van der Waals surface area contributed by atoms with Crippen LogP contribution in [0.25, 0.3) is 11.0 Å². The monoisotopic (exact) mass is 242 g/mol. The summed E-state index contributed by atoms with van der Waals surface area (Å²) >= 11 is 0. The number of fused-ring (bicyclic) bond motifs is 1. The second-order valence-corrected chi connectivity index (χ2v) is 3.60. The van der Waals surface area contributed by atoms with Crippen LogP contribution in [0.1, 0.15) is 18.2 Å². The van der Waals surface area contributed by atoms with Gasteiger partial charge in [0, 0.05) is 0 Å². The molecule has 2 rings (SSSR count). The quantitative estimate of drug-likeness (QED) is 0.835. The maximum Gasteiger partial charge on any atom is 0.416 e. The Labute approximate surface area is 94.3 Å². The van der Waals surface area contributed by atoms with Gasteiger partial charge in [0.2, 0.25) is 0 Å². The number of halogens is 3. The van der Waals surface area contributed by atoms with Gasteiger partial charge in [-0.05, 0) is 24.6 Å². The first-order chi connectivity index (χ1) is 7.91. The van der Waals surface area contributed by atoms with E-state index in [4.69, 9.17) is 0 Å².